The maximum absolute atomic E-state index is 14.6. The van der Waals surface area contributed by atoms with E-state index in [1.165, 1.54) is 22.5 Å². The van der Waals surface area contributed by atoms with Crippen molar-refractivity contribution in [2.24, 2.45) is 0 Å². The second-order valence-corrected chi connectivity index (χ2v) is 8.45. The molecule has 2 heterocycles. The molecule has 0 spiro atoms. The van der Waals surface area contributed by atoms with Crippen LogP contribution in [0.15, 0.2) is 71.8 Å². The second-order valence-electron chi connectivity index (χ2n) is 6.12. The van der Waals surface area contributed by atoms with Gasteiger partial charge in [0, 0.05) is 35.6 Å². The van der Waals surface area contributed by atoms with Gasteiger partial charge in [-0.25, -0.2) is 12.8 Å². The standard InChI is InChI=1S/C19H16ClFN2O2S/c20-14-5-3-6-15(13-14)26(24,25)23-12-11-22-10-4-9-18(22)19(23)16-7-1-2-8-17(16)21/h1-10,13,19H,11-12H2/t19-/m0/s1. The van der Waals surface area contributed by atoms with Gasteiger partial charge in [-0.1, -0.05) is 35.9 Å². The maximum Gasteiger partial charge on any atom is 0.244 e. The van der Waals surface area contributed by atoms with Gasteiger partial charge in [0.2, 0.25) is 10.0 Å². The summed E-state index contributed by atoms with van der Waals surface area (Å²) in [6.07, 6.45) is 1.88. The van der Waals surface area contributed by atoms with Crippen LogP contribution in [0.1, 0.15) is 17.3 Å². The Bertz CT molecular complexity index is 1060. The Labute approximate surface area is 156 Å². The van der Waals surface area contributed by atoms with Crippen molar-refractivity contribution in [3.05, 3.63) is 89.0 Å². The molecule has 0 radical (unpaired) electrons. The molecule has 0 bridgehead atoms. The Balaban J connectivity index is 1.89. The molecule has 134 valence electrons. The number of hydrogen-bond acceptors (Lipinski definition) is 2. The topological polar surface area (TPSA) is 42.3 Å². The molecule has 0 unspecified atom stereocenters. The summed E-state index contributed by atoms with van der Waals surface area (Å²) in [5.74, 6) is -0.432. The Morgan fingerprint density at radius 1 is 1.00 bits per heavy atom. The molecule has 0 amide bonds. The van der Waals surface area contributed by atoms with E-state index in [2.05, 4.69) is 0 Å². The molecule has 4 rings (SSSR count). The summed E-state index contributed by atoms with van der Waals surface area (Å²) in [5, 5.41) is 0.342. The predicted molar refractivity (Wildman–Crippen MR) is 98.0 cm³/mol. The van der Waals surface area contributed by atoms with Crippen molar-refractivity contribution in [3.63, 3.8) is 0 Å². The largest absolute Gasteiger partial charge is 0.348 e. The summed E-state index contributed by atoms with van der Waals surface area (Å²) < 4.78 is 44.5. The lowest BCUT2D eigenvalue weighted by atomic mass is 10.0. The van der Waals surface area contributed by atoms with Gasteiger partial charge in [-0.3, -0.25) is 0 Å². The van der Waals surface area contributed by atoms with Crippen molar-refractivity contribution in [1.82, 2.24) is 8.87 Å². The van der Waals surface area contributed by atoms with Crippen molar-refractivity contribution in [1.29, 1.82) is 0 Å². The highest BCUT2D eigenvalue weighted by Crippen LogP contribution is 2.37. The molecule has 3 aromatic rings. The molecule has 0 saturated carbocycles. The summed E-state index contributed by atoms with van der Waals surface area (Å²) in [4.78, 5) is 0.103. The summed E-state index contributed by atoms with van der Waals surface area (Å²) in [5.41, 5.74) is 1.07. The van der Waals surface area contributed by atoms with Gasteiger partial charge in [-0.15, -0.1) is 0 Å². The quantitative estimate of drug-likeness (QED) is 0.676. The summed E-state index contributed by atoms with van der Waals surface area (Å²) in [6, 6.07) is 15.4. The number of aromatic nitrogens is 1. The lowest BCUT2D eigenvalue weighted by Crippen LogP contribution is -2.42. The Morgan fingerprint density at radius 2 is 1.81 bits per heavy atom. The highest BCUT2D eigenvalue weighted by atomic mass is 35.5. The van der Waals surface area contributed by atoms with Gasteiger partial charge in [0.1, 0.15) is 5.82 Å². The van der Waals surface area contributed by atoms with Crippen LogP contribution in [-0.4, -0.2) is 23.8 Å². The number of hydrogen-bond donors (Lipinski definition) is 0. The minimum Gasteiger partial charge on any atom is -0.348 e. The van der Waals surface area contributed by atoms with Crippen molar-refractivity contribution >= 4 is 21.6 Å². The first-order chi connectivity index (χ1) is 12.5. The molecule has 1 aromatic heterocycles. The van der Waals surface area contributed by atoms with Crippen LogP contribution >= 0.6 is 11.6 Å². The highest BCUT2D eigenvalue weighted by molar-refractivity contribution is 7.89. The van der Waals surface area contributed by atoms with E-state index >= 15 is 0 Å². The minimum atomic E-state index is -3.85. The van der Waals surface area contributed by atoms with Gasteiger partial charge < -0.3 is 4.57 Å². The Hall–Kier alpha value is -2.15. The molecular formula is C19H16ClFN2O2S. The van der Waals surface area contributed by atoms with Crippen LogP contribution < -0.4 is 0 Å². The summed E-state index contributed by atoms with van der Waals surface area (Å²) >= 11 is 5.98. The first-order valence-corrected chi connectivity index (χ1v) is 9.97. The fraction of sp³-hybridized carbons (Fsp3) is 0.158. The van der Waals surface area contributed by atoms with E-state index in [1.54, 1.807) is 30.3 Å². The lowest BCUT2D eigenvalue weighted by molar-refractivity contribution is 0.293. The number of halogens is 2. The molecule has 26 heavy (non-hydrogen) atoms. The van der Waals surface area contributed by atoms with E-state index < -0.39 is 21.9 Å². The van der Waals surface area contributed by atoms with Gasteiger partial charge in [-0.2, -0.15) is 4.31 Å². The molecule has 0 fully saturated rings. The molecule has 1 aliphatic heterocycles. The molecule has 0 saturated heterocycles. The number of fused-ring (bicyclic) bond motifs is 1. The van der Waals surface area contributed by atoms with E-state index in [9.17, 15) is 12.8 Å². The van der Waals surface area contributed by atoms with Crippen molar-refractivity contribution < 1.29 is 12.8 Å². The van der Waals surface area contributed by atoms with Crippen molar-refractivity contribution in [3.8, 4) is 0 Å². The zero-order chi connectivity index (χ0) is 18.3. The molecule has 0 aliphatic carbocycles. The van der Waals surface area contributed by atoms with Gasteiger partial charge >= 0.3 is 0 Å². The van der Waals surface area contributed by atoms with Crippen LogP contribution in [0.4, 0.5) is 4.39 Å². The average Bonchev–Trinajstić information content (AvgIpc) is 3.10. The zero-order valence-electron chi connectivity index (χ0n) is 13.7. The molecule has 4 nitrogen and oxygen atoms in total. The van der Waals surface area contributed by atoms with E-state index in [-0.39, 0.29) is 11.4 Å². The highest BCUT2D eigenvalue weighted by Gasteiger charge is 2.38. The Morgan fingerprint density at radius 3 is 2.58 bits per heavy atom. The van der Waals surface area contributed by atoms with E-state index in [0.717, 1.165) is 5.69 Å². The van der Waals surface area contributed by atoms with Crippen LogP contribution in [0.3, 0.4) is 0 Å². The number of nitrogens with zero attached hydrogens (tertiary/aromatic N) is 2. The Kier molecular flexibility index (Phi) is 4.34. The molecule has 2 aromatic carbocycles. The summed E-state index contributed by atoms with van der Waals surface area (Å²) in [6.45, 7) is 0.753. The SMILES string of the molecule is O=S(=O)(c1cccc(Cl)c1)N1CCn2cccc2[C@@H]1c1ccccc1F. The zero-order valence-corrected chi connectivity index (χ0v) is 15.3. The van der Waals surface area contributed by atoms with Gasteiger partial charge in [-0.05, 0) is 36.4 Å². The molecular weight excluding hydrogens is 375 g/mol. The monoisotopic (exact) mass is 390 g/mol. The van der Waals surface area contributed by atoms with Crippen LogP contribution in [0.25, 0.3) is 0 Å². The third-order valence-corrected chi connectivity index (χ3v) is 6.69. The smallest absolute Gasteiger partial charge is 0.244 e. The fourth-order valence-corrected chi connectivity index (χ4v) is 5.27. The van der Waals surface area contributed by atoms with Crippen LogP contribution in [0.5, 0.6) is 0 Å². The summed E-state index contributed by atoms with van der Waals surface area (Å²) in [7, 11) is -3.85. The van der Waals surface area contributed by atoms with Crippen LogP contribution in [0.2, 0.25) is 5.02 Å². The van der Waals surface area contributed by atoms with E-state index in [1.807, 2.05) is 22.9 Å². The molecule has 1 aliphatic rings. The number of rotatable bonds is 3. The fourth-order valence-electron chi connectivity index (χ4n) is 3.40. The minimum absolute atomic E-state index is 0.103. The van der Waals surface area contributed by atoms with Gasteiger partial charge in [0.05, 0.1) is 10.9 Å². The van der Waals surface area contributed by atoms with E-state index in [4.69, 9.17) is 11.6 Å². The molecule has 1 atom stereocenters. The van der Waals surface area contributed by atoms with E-state index in [0.29, 0.717) is 17.1 Å². The second kappa shape index (κ2) is 6.54. The third-order valence-electron chi connectivity index (χ3n) is 4.60. The van der Waals surface area contributed by atoms with Crippen molar-refractivity contribution in [2.75, 3.05) is 6.54 Å². The number of benzene rings is 2. The third kappa shape index (κ3) is 2.84. The van der Waals surface area contributed by atoms with Gasteiger partial charge in [0.25, 0.3) is 0 Å². The lowest BCUT2D eigenvalue weighted by Gasteiger charge is -2.36. The van der Waals surface area contributed by atoms with Crippen molar-refractivity contribution in [2.45, 2.75) is 17.5 Å². The average molecular weight is 391 g/mol. The number of sulfonamides is 1. The van der Waals surface area contributed by atoms with Crippen LogP contribution in [-0.2, 0) is 16.6 Å². The molecule has 7 heteroatoms. The van der Waals surface area contributed by atoms with Crippen LogP contribution in [0, 0.1) is 5.82 Å². The first-order valence-electron chi connectivity index (χ1n) is 8.15. The molecule has 0 N–H and O–H groups in total. The normalized spacial score (nSPS) is 17.8. The maximum atomic E-state index is 14.6. The van der Waals surface area contributed by atoms with Gasteiger partial charge in [0.15, 0.2) is 0 Å². The predicted octanol–water partition coefficient (Wildman–Crippen LogP) is 4.07. The first kappa shape index (κ1) is 17.3.